The summed E-state index contributed by atoms with van der Waals surface area (Å²) >= 11 is 0. The topological polar surface area (TPSA) is 6.48 Å². The van der Waals surface area contributed by atoms with E-state index in [9.17, 15) is 0 Å². The molecule has 2 heteroatoms. The maximum atomic E-state index is 2.52. The van der Waals surface area contributed by atoms with Gasteiger partial charge in [-0.2, -0.15) is 0 Å². The molecule has 0 aliphatic carbocycles. The maximum Gasteiger partial charge on any atom is 0.133 e. The number of fused-ring (bicyclic) bond motifs is 3. The second-order valence-corrected chi connectivity index (χ2v) is 6.95. The predicted molar refractivity (Wildman–Crippen MR) is 90.6 cm³/mol. The van der Waals surface area contributed by atoms with Crippen molar-refractivity contribution in [3.63, 3.8) is 0 Å². The van der Waals surface area contributed by atoms with Gasteiger partial charge in [0.05, 0.1) is 5.69 Å². The fourth-order valence-corrected chi connectivity index (χ4v) is 4.46. The Kier molecular flexibility index (Phi) is 2.21. The molecule has 2 atom stereocenters. The highest BCUT2D eigenvalue weighted by atomic mass is 15.4. The van der Waals surface area contributed by atoms with Gasteiger partial charge in [-0.15, -0.1) is 0 Å². The summed E-state index contributed by atoms with van der Waals surface area (Å²) < 4.78 is 0. The highest BCUT2D eigenvalue weighted by Gasteiger charge is 2.46. The molecule has 0 radical (unpaired) electrons. The molecular formula is C20H20N2. The van der Waals surface area contributed by atoms with Gasteiger partial charge >= 0.3 is 0 Å². The number of rotatable bonds is 1. The largest absolute Gasteiger partial charge is 0.351 e. The lowest BCUT2D eigenvalue weighted by Gasteiger charge is -2.49. The van der Waals surface area contributed by atoms with Crippen molar-refractivity contribution in [3.05, 3.63) is 66.0 Å². The van der Waals surface area contributed by atoms with Crippen LogP contribution in [0.25, 0.3) is 11.1 Å². The summed E-state index contributed by atoms with van der Waals surface area (Å²) in [7, 11) is 0. The zero-order valence-electron chi connectivity index (χ0n) is 13.1. The highest BCUT2D eigenvalue weighted by molar-refractivity contribution is 5.87. The summed E-state index contributed by atoms with van der Waals surface area (Å²) in [6, 6.07) is 15.7. The van der Waals surface area contributed by atoms with Crippen molar-refractivity contribution in [1.29, 1.82) is 0 Å². The van der Waals surface area contributed by atoms with Crippen molar-refractivity contribution in [1.82, 2.24) is 4.90 Å². The molecular weight excluding hydrogens is 268 g/mol. The highest BCUT2D eigenvalue weighted by Crippen LogP contribution is 2.54. The van der Waals surface area contributed by atoms with E-state index < -0.39 is 0 Å². The van der Waals surface area contributed by atoms with E-state index in [1.165, 1.54) is 34.4 Å². The molecule has 3 aliphatic rings. The minimum Gasteiger partial charge on any atom is -0.351 e. The first-order valence-corrected chi connectivity index (χ1v) is 8.18. The first kappa shape index (κ1) is 12.3. The standard InChI is InChI=1S/C20H20N2/c1-3-20(2)13-21-11-12-22-17-10-5-4-7-14(17)15-8-6-9-16(20)18(15)19(21)22/h4-12,19H,3,13H2,1-2H3. The molecule has 5 rings (SSSR count). The lowest BCUT2D eigenvalue weighted by Crippen LogP contribution is -2.47. The Morgan fingerprint density at radius 2 is 1.86 bits per heavy atom. The molecule has 0 N–H and O–H groups in total. The molecule has 0 aromatic heterocycles. The molecule has 0 spiro atoms. The van der Waals surface area contributed by atoms with Crippen molar-refractivity contribution < 1.29 is 0 Å². The van der Waals surface area contributed by atoms with Crippen LogP contribution in [-0.2, 0) is 5.41 Å². The van der Waals surface area contributed by atoms with Gasteiger partial charge in [0.1, 0.15) is 6.17 Å². The van der Waals surface area contributed by atoms with Crippen LogP contribution in [0.2, 0.25) is 0 Å². The van der Waals surface area contributed by atoms with Gasteiger partial charge in [0.15, 0.2) is 0 Å². The van der Waals surface area contributed by atoms with Crippen LogP contribution in [0.1, 0.15) is 37.6 Å². The van der Waals surface area contributed by atoms with Gasteiger partial charge in [-0.05, 0) is 23.6 Å². The molecule has 110 valence electrons. The number of nitrogens with zero attached hydrogens (tertiary/aromatic N) is 2. The van der Waals surface area contributed by atoms with Crippen LogP contribution in [0.15, 0.2) is 54.9 Å². The van der Waals surface area contributed by atoms with Crippen molar-refractivity contribution >= 4 is 5.69 Å². The number of hydrogen-bond acceptors (Lipinski definition) is 2. The Labute approximate surface area is 131 Å². The van der Waals surface area contributed by atoms with Gasteiger partial charge in [0, 0.05) is 35.5 Å². The van der Waals surface area contributed by atoms with Gasteiger partial charge in [-0.25, -0.2) is 0 Å². The first-order valence-electron chi connectivity index (χ1n) is 8.18. The summed E-state index contributed by atoms with van der Waals surface area (Å²) in [6.07, 6.45) is 6.05. The first-order chi connectivity index (χ1) is 10.7. The SMILES string of the molecule is CCC1(C)CN2C=CN3c4ccccc4-c4cccc1c4C23. The van der Waals surface area contributed by atoms with Crippen molar-refractivity contribution in [2.24, 2.45) is 0 Å². The lowest BCUT2D eigenvalue weighted by atomic mass is 9.71. The van der Waals surface area contributed by atoms with Crippen LogP contribution >= 0.6 is 0 Å². The Balaban J connectivity index is 1.89. The lowest BCUT2D eigenvalue weighted by molar-refractivity contribution is 0.205. The molecule has 2 unspecified atom stereocenters. The zero-order chi connectivity index (χ0) is 14.9. The second-order valence-electron chi connectivity index (χ2n) is 6.95. The van der Waals surface area contributed by atoms with E-state index >= 15 is 0 Å². The average Bonchev–Trinajstić information content (AvgIpc) is 2.99. The zero-order valence-corrected chi connectivity index (χ0v) is 13.1. The molecule has 3 heterocycles. The molecule has 0 amide bonds. The van der Waals surface area contributed by atoms with E-state index in [-0.39, 0.29) is 5.41 Å². The molecule has 0 saturated carbocycles. The fraction of sp³-hybridized carbons (Fsp3) is 0.300. The van der Waals surface area contributed by atoms with Crippen LogP contribution in [-0.4, -0.2) is 11.4 Å². The Morgan fingerprint density at radius 3 is 2.73 bits per heavy atom. The molecule has 2 nitrogen and oxygen atoms in total. The number of hydrogen-bond donors (Lipinski definition) is 0. The second kappa shape index (κ2) is 3.95. The van der Waals surface area contributed by atoms with E-state index in [4.69, 9.17) is 0 Å². The molecule has 3 aliphatic heterocycles. The van der Waals surface area contributed by atoms with Crippen LogP contribution in [0.4, 0.5) is 5.69 Å². The van der Waals surface area contributed by atoms with Crippen LogP contribution in [0.3, 0.4) is 0 Å². The molecule has 22 heavy (non-hydrogen) atoms. The monoisotopic (exact) mass is 288 g/mol. The Hall–Kier alpha value is -2.22. The molecule has 0 saturated heterocycles. The maximum absolute atomic E-state index is 2.52. The van der Waals surface area contributed by atoms with Crippen molar-refractivity contribution in [2.45, 2.75) is 31.8 Å². The predicted octanol–water partition coefficient (Wildman–Crippen LogP) is 4.64. The summed E-state index contributed by atoms with van der Waals surface area (Å²) in [6.45, 7) is 5.82. The quantitative estimate of drug-likeness (QED) is 0.754. The van der Waals surface area contributed by atoms with Gasteiger partial charge in [0.25, 0.3) is 0 Å². The Morgan fingerprint density at radius 1 is 1.05 bits per heavy atom. The van der Waals surface area contributed by atoms with Gasteiger partial charge in [0.2, 0.25) is 0 Å². The molecule has 0 fully saturated rings. The summed E-state index contributed by atoms with van der Waals surface area (Å²) in [5.41, 5.74) is 7.40. The van der Waals surface area contributed by atoms with E-state index in [1.807, 2.05) is 0 Å². The van der Waals surface area contributed by atoms with E-state index in [0.717, 1.165) is 6.54 Å². The van der Waals surface area contributed by atoms with Crippen LogP contribution in [0, 0.1) is 0 Å². The van der Waals surface area contributed by atoms with Crippen LogP contribution < -0.4 is 4.90 Å². The minimum atomic E-state index is 0.231. The molecule has 0 bridgehead atoms. The third kappa shape index (κ3) is 1.31. The Bertz CT molecular complexity index is 807. The van der Waals surface area contributed by atoms with Crippen molar-refractivity contribution in [2.75, 3.05) is 11.4 Å². The van der Waals surface area contributed by atoms with Crippen LogP contribution in [0.5, 0.6) is 0 Å². The minimum absolute atomic E-state index is 0.231. The molecule has 2 aromatic rings. The number of benzene rings is 2. The number of para-hydroxylation sites is 1. The summed E-state index contributed by atoms with van der Waals surface area (Å²) in [5, 5.41) is 0. The third-order valence-electron chi connectivity index (χ3n) is 5.80. The van der Waals surface area contributed by atoms with E-state index in [0.29, 0.717) is 6.17 Å². The van der Waals surface area contributed by atoms with Gasteiger partial charge in [-0.1, -0.05) is 50.2 Å². The van der Waals surface area contributed by atoms with Gasteiger partial charge in [-0.3, -0.25) is 0 Å². The van der Waals surface area contributed by atoms with E-state index in [2.05, 4.69) is 78.5 Å². The smallest absolute Gasteiger partial charge is 0.133 e. The fourth-order valence-electron chi connectivity index (χ4n) is 4.46. The van der Waals surface area contributed by atoms with Crippen molar-refractivity contribution in [3.8, 4) is 11.1 Å². The van der Waals surface area contributed by atoms with E-state index in [1.54, 1.807) is 0 Å². The average molecular weight is 288 g/mol. The molecule has 2 aromatic carbocycles. The number of anilines is 1. The third-order valence-corrected chi connectivity index (χ3v) is 5.80. The van der Waals surface area contributed by atoms with Gasteiger partial charge < -0.3 is 9.80 Å². The summed E-state index contributed by atoms with van der Waals surface area (Å²) in [4.78, 5) is 4.96. The normalized spacial score (nSPS) is 26.9. The summed E-state index contributed by atoms with van der Waals surface area (Å²) in [5.74, 6) is 0.